The zero-order valence-electron chi connectivity index (χ0n) is 25.8. The highest BCUT2D eigenvalue weighted by Crippen LogP contribution is 2.44. The summed E-state index contributed by atoms with van der Waals surface area (Å²) in [4.78, 5) is 4.02. The second-order valence-electron chi connectivity index (χ2n) is 11.9. The van der Waals surface area contributed by atoms with Gasteiger partial charge in [0.1, 0.15) is 0 Å². The van der Waals surface area contributed by atoms with Gasteiger partial charge in [0.05, 0.1) is 46.0 Å². The van der Waals surface area contributed by atoms with Crippen molar-refractivity contribution in [1.29, 1.82) is 5.26 Å². The molecule has 0 N–H and O–H groups in total. The van der Waals surface area contributed by atoms with E-state index in [0.29, 0.717) is 11.3 Å². The molecule has 2 heterocycles. The van der Waals surface area contributed by atoms with Crippen LogP contribution in [0.25, 0.3) is 82.1 Å². The van der Waals surface area contributed by atoms with Gasteiger partial charge in [-0.15, -0.1) is 0 Å². The Kier molecular flexibility index (Phi) is 6.22. The molecule has 0 unspecified atom stereocenters. The highest BCUT2D eigenvalue weighted by Gasteiger charge is 2.21. The molecule has 0 atom stereocenters. The zero-order chi connectivity index (χ0) is 32.2. The van der Waals surface area contributed by atoms with E-state index in [9.17, 15) is 5.26 Å². The Balaban J connectivity index is 1.27. The van der Waals surface area contributed by atoms with Crippen molar-refractivity contribution in [3.05, 3.63) is 175 Å². The molecule has 0 saturated heterocycles. The first-order valence-electron chi connectivity index (χ1n) is 15.9. The van der Waals surface area contributed by atoms with Gasteiger partial charge in [-0.3, -0.25) is 0 Å². The molecule has 7 aromatic carbocycles. The monoisotopic (exact) mass is 610 g/mol. The predicted octanol–water partition coefficient (Wildman–Crippen LogP) is 11.6. The lowest BCUT2D eigenvalue weighted by molar-refractivity contribution is 1.18. The van der Waals surface area contributed by atoms with Crippen molar-refractivity contribution >= 4 is 49.3 Å². The van der Waals surface area contributed by atoms with Gasteiger partial charge in [0.25, 0.3) is 0 Å². The molecule has 9 rings (SSSR count). The van der Waals surface area contributed by atoms with Crippen LogP contribution in [0.5, 0.6) is 0 Å². The van der Waals surface area contributed by atoms with E-state index in [0.717, 1.165) is 66.5 Å². The highest BCUT2D eigenvalue weighted by atomic mass is 15.0. The van der Waals surface area contributed by atoms with Crippen LogP contribution in [0.3, 0.4) is 0 Å². The maximum atomic E-state index is 10.0. The first-order chi connectivity index (χ1) is 23.7. The van der Waals surface area contributed by atoms with Gasteiger partial charge >= 0.3 is 0 Å². The minimum atomic E-state index is 0.538. The molecule has 0 saturated carbocycles. The lowest BCUT2D eigenvalue weighted by Gasteiger charge is -2.19. The average Bonchev–Trinajstić information content (AvgIpc) is 3.67. The van der Waals surface area contributed by atoms with Crippen LogP contribution in [0.2, 0.25) is 0 Å². The van der Waals surface area contributed by atoms with Gasteiger partial charge in [-0.25, -0.2) is 4.85 Å². The molecule has 9 aromatic rings. The average molecular weight is 611 g/mol. The summed E-state index contributed by atoms with van der Waals surface area (Å²) < 4.78 is 4.57. The van der Waals surface area contributed by atoms with Crippen molar-refractivity contribution in [1.82, 2.24) is 9.13 Å². The number of rotatable bonds is 4. The van der Waals surface area contributed by atoms with Crippen molar-refractivity contribution in [2.24, 2.45) is 0 Å². The Morgan fingerprint density at radius 1 is 0.500 bits per heavy atom. The van der Waals surface area contributed by atoms with Gasteiger partial charge in [-0.05, 0) is 76.9 Å². The Morgan fingerprint density at radius 2 is 1.02 bits per heavy atom. The number of nitrogens with zero attached hydrogens (tertiary/aromatic N) is 4. The third-order valence-corrected chi connectivity index (χ3v) is 9.40. The Labute approximate surface area is 277 Å². The Hall–Kier alpha value is -6.88. The summed E-state index contributed by atoms with van der Waals surface area (Å²) in [5.74, 6) is 0. The van der Waals surface area contributed by atoms with Gasteiger partial charge in [-0.2, -0.15) is 5.26 Å². The van der Waals surface area contributed by atoms with Gasteiger partial charge in [0.15, 0.2) is 5.69 Å². The smallest absolute Gasteiger partial charge is 0.195 e. The second kappa shape index (κ2) is 10.9. The number of hydrogen-bond acceptors (Lipinski definition) is 1. The van der Waals surface area contributed by atoms with Crippen LogP contribution >= 0.6 is 0 Å². The number of para-hydroxylation sites is 4. The van der Waals surface area contributed by atoms with Crippen LogP contribution in [0.1, 0.15) is 5.56 Å². The topological polar surface area (TPSA) is 38.0 Å². The van der Waals surface area contributed by atoms with Gasteiger partial charge in [-0.1, -0.05) is 103 Å². The number of benzene rings is 7. The molecule has 48 heavy (non-hydrogen) atoms. The van der Waals surface area contributed by atoms with Crippen LogP contribution in [-0.4, -0.2) is 9.13 Å². The molecule has 0 bridgehead atoms. The van der Waals surface area contributed by atoms with E-state index in [1.165, 1.54) is 10.8 Å². The molecule has 0 aliphatic carbocycles. The van der Waals surface area contributed by atoms with Crippen LogP contribution in [-0.2, 0) is 0 Å². The van der Waals surface area contributed by atoms with Crippen molar-refractivity contribution in [3.63, 3.8) is 0 Å². The first-order valence-corrected chi connectivity index (χ1v) is 15.9. The van der Waals surface area contributed by atoms with E-state index < -0.39 is 0 Å². The highest BCUT2D eigenvalue weighted by molar-refractivity contribution is 6.11. The van der Waals surface area contributed by atoms with Gasteiger partial charge < -0.3 is 9.13 Å². The molecule has 2 aromatic heterocycles. The lowest BCUT2D eigenvalue weighted by Crippen LogP contribution is -1.99. The molecule has 0 aliphatic rings. The third kappa shape index (κ3) is 4.07. The quantitative estimate of drug-likeness (QED) is 0.183. The van der Waals surface area contributed by atoms with Crippen molar-refractivity contribution in [3.8, 4) is 39.7 Å². The normalized spacial score (nSPS) is 11.3. The fraction of sp³-hybridized carbons (Fsp3) is 0. The lowest BCUT2D eigenvalue weighted by atomic mass is 9.91. The van der Waals surface area contributed by atoms with E-state index >= 15 is 0 Å². The maximum absolute atomic E-state index is 10.0. The SMILES string of the molecule is [C-]#[N+]c1cccc(-c2ccc(-n3c4ccccc4c4ccccc43)cc2)c1-c1cc(C#N)ccc1-n1c2ccccc2c2ccccc21. The molecule has 0 radical (unpaired) electrons. The van der Waals surface area contributed by atoms with E-state index in [2.05, 4.69) is 147 Å². The zero-order valence-corrected chi connectivity index (χ0v) is 25.8. The summed E-state index contributed by atoms with van der Waals surface area (Å²) >= 11 is 0. The summed E-state index contributed by atoms with van der Waals surface area (Å²) in [6, 6.07) is 56.4. The molecule has 0 aliphatic heterocycles. The minimum Gasteiger partial charge on any atom is -0.309 e. The molecule has 0 fully saturated rings. The maximum Gasteiger partial charge on any atom is 0.195 e. The van der Waals surface area contributed by atoms with E-state index in [-0.39, 0.29) is 0 Å². The summed E-state index contributed by atoms with van der Waals surface area (Å²) in [7, 11) is 0. The second-order valence-corrected chi connectivity index (χ2v) is 11.9. The third-order valence-electron chi connectivity index (χ3n) is 9.40. The first kappa shape index (κ1) is 27.4. The summed E-state index contributed by atoms with van der Waals surface area (Å²) in [6.45, 7) is 8.23. The van der Waals surface area contributed by atoms with Crippen molar-refractivity contribution in [2.45, 2.75) is 0 Å². The number of fused-ring (bicyclic) bond motifs is 6. The Morgan fingerprint density at radius 3 is 1.54 bits per heavy atom. The summed E-state index contributed by atoms with van der Waals surface area (Å²) in [5, 5.41) is 14.8. The van der Waals surface area contributed by atoms with Gasteiger partial charge in [0, 0.05) is 27.2 Å². The van der Waals surface area contributed by atoms with Crippen LogP contribution in [0, 0.1) is 17.9 Å². The molecular weight excluding hydrogens is 585 g/mol. The van der Waals surface area contributed by atoms with Crippen LogP contribution < -0.4 is 0 Å². The van der Waals surface area contributed by atoms with E-state index in [4.69, 9.17) is 6.57 Å². The molecule has 222 valence electrons. The molecule has 0 spiro atoms. The number of aromatic nitrogens is 2. The van der Waals surface area contributed by atoms with Crippen LogP contribution in [0.15, 0.2) is 158 Å². The minimum absolute atomic E-state index is 0.538. The van der Waals surface area contributed by atoms with Crippen molar-refractivity contribution < 1.29 is 0 Å². The number of nitriles is 1. The standard InChI is InChI=1S/C44H26N4/c1-46-38-16-10-15-32(30-22-24-31(25-23-30)47-39-17-6-2-11-33(39)34-12-3-7-18-40(34)47)44(38)37-27-29(28-45)21-26-43(37)48-41-19-8-4-13-35(41)36-14-5-9-20-42(36)48/h2-27H. The summed E-state index contributed by atoms with van der Waals surface area (Å²) in [6.07, 6.45) is 0. The fourth-order valence-corrected chi connectivity index (χ4v) is 7.33. The van der Waals surface area contributed by atoms with Gasteiger partial charge in [0.2, 0.25) is 0 Å². The predicted molar refractivity (Wildman–Crippen MR) is 197 cm³/mol. The molecule has 0 amide bonds. The summed E-state index contributed by atoms with van der Waals surface area (Å²) in [5.41, 5.74) is 11.1. The molecule has 4 nitrogen and oxygen atoms in total. The van der Waals surface area contributed by atoms with Crippen LogP contribution in [0.4, 0.5) is 5.69 Å². The van der Waals surface area contributed by atoms with E-state index in [1.54, 1.807) is 0 Å². The largest absolute Gasteiger partial charge is 0.309 e. The number of hydrogen-bond donors (Lipinski definition) is 0. The Bertz CT molecular complexity index is 2690. The molecule has 4 heteroatoms. The fourth-order valence-electron chi connectivity index (χ4n) is 7.33. The molecular formula is C44H26N4. The van der Waals surface area contributed by atoms with Crippen molar-refractivity contribution in [2.75, 3.05) is 0 Å². The van der Waals surface area contributed by atoms with E-state index in [1.807, 2.05) is 30.3 Å².